The van der Waals surface area contributed by atoms with Gasteiger partial charge in [0.1, 0.15) is 0 Å². The molecule has 1 atom stereocenters. The normalized spacial score (nSPS) is 22.4. The molecule has 1 unspecified atom stereocenters. The lowest BCUT2D eigenvalue weighted by Gasteiger charge is -2.30. The van der Waals surface area contributed by atoms with Crippen LogP contribution in [0.4, 0.5) is 11.6 Å². The molecule has 0 bridgehead atoms. The lowest BCUT2D eigenvalue weighted by molar-refractivity contribution is 0.0730. The molecule has 2 N–H and O–H groups in total. The van der Waals surface area contributed by atoms with Gasteiger partial charge in [0.25, 0.3) is 0 Å². The van der Waals surface area contributed by atoms with Crippen LogP contribution in [0.2, 0.25) is 0 Å². The summed E-state index contributed by atoms with van der Waals surface area (Å²) >= 11 is 0. The van der Waals surface area contributed by atoms with Crippen LogP contribution in [0.3, 0.4) is 0 Å². The average Bonchev–Trinajstić information content (AvgIpc) is 3.25. The number of aliphatic hydroxyl groups is 1. The molecule has 9 nitrogen and oxygen atoms in total. The van der Waals surface area contributed by atoms with E-state index in [2.05, 4.69) is 35.4 Å². The van der Waals surface area contributed by atoms with Gasteiger partial charge >= 0.3 is 0 Å². The summed E-state index contributed by atoms with van der Waals surface area (Å²) in [4.78, 5) is 13.6. The Morgan fingerprint density at radius 2 is 1.88 bits per heavy atom. The van der Waals surface area contributed by atoms with Gasteiger partial charge in [-0.2, -0.15) is 0 Å². The number of likely N-dealkylation sites (tertiary alicyclic amines) is 1. The summed E-state index contributed by atoms with van der Waals surface area (Å²) in [5.74, 6) is 1.56. The highest BCUT2D eigenvalue weighted by molar-refractivity contribution is 5.74. The van der Waals surface area contributed by atoms with Crippen LogP contribution in [0, 0.1) is 0 Å². The van der Waals surface area contributed by atoms with E-state index < -0.39 is 0 Å². The van der Waals surface area contributed by atoms with Crippen molar-refractivity contribution in [3.05, 3.63) is 0 Å². The Morgan fingerprint density at radius 3 is 2.67 bits per heavy atom. The Labute approximate surface area is 140 Å². The Balaban J connectivity index is 1.46. The van der Waals surface area contributed by atoms with E-state index >= 15 is 0 Å². The van der Waals surface area contributed by atoms with Crippen molar-refractivity contribution in [3.63, 3.8) is 0 Å². The van der Waals surface area contributed by atoms with Gasteiger partial charge in [0.2, 0.25) is 11.3 Å². The molecule has 2 aromatic heterocycles. The van der Waals surface area contributed by atoms with Gasteiger partial charge in [-0.25, -0.2) is 14.6 Å². The molecule has 9 heteroatoms. The maximum atomic E-state index is 9.76. The van der Waals surface area contributed by atoms with Gasteiger partial charge in [0.05, 0.1) is 6.10 Å². The van der Waals surface area contributed by atoms with Gasteiger partial charge < -0.3 is 15.3 Å². The van der Waals surface area contributed by atoms with Crippen molar-refractivity contribution in [1.82, 2.24) is 25.2 Å². The van der Waals surface area contributed by atoms with Crippen molar-refractivity contribution in [2.45, 2.75) is 31.8 Å². The standard InChI is InChI=1S/C15H23N7O2/c23-11-4-3-6-21(10-11)9-5-16-14-15(22-7-1-2-8-22)18-13-12(17-14)19-24-20-13/h11,23H,1-10H2,(H,16,17,19). The minimum atomic E-state index is -0.198. The van der Waals surface area contributed by atoms with E-state index in [4.69, 9.17) is 4.63 Å². The van der Waals surface area contributed by atoms with Crippen molar-refractivity contribution in [2.24, 2.45) is 0 Å². The minimum absolute atomic E-state index is 0.198. The van der Waals surface area contributed by atoms with Crippen LogP contribution in [-0.4, -0.2) is 75.7 Å². The molecular weight excluding hydrogens is 310 g/mol. The smallest absolute Gasteiger partial charge is 0.245 e. The number of aromatic nitrogens is 4. The number of piperidine rings is 1. The molecule has 4 heterocycles. The summed E-state index contributed by atoms with van der Waals surface area (Å²) in [6.45, 7) is 5.37. The molecule has 2 aliphatic rings. The molecule has 0 spiro atoms. The van der Waals surface area contributed by atoms with Gasteiger partial charge in [-0.05, 0) is 42.5 Å². The number of rotatable bonds is 5. The summed E-state index contributed by atoms with van der Waals surface area (Å²) in [5, 5.41) is 20.7. The molecule has 2 saturated heterocycles. The Bertz CT molecular complexity index is 686. The number of nitrogens with zero attached hydrogens (tertiary/aromatic N) is 6. The largest absolute Gasteiger partial charge is 0.392 e. The molecular formula is C15H23N7O2. The number of anilines is 2. The fraction of sp³-hybridized carbons (Fsp3) is 0.733. The van der Waals surface area contributed by atoms with Crippen LogP contribution in [0.25, 0.3) is 11.3 Å². The first-order valence-corrected chi connectivity index (χ1v) is 8.69. The van der Waals surface area contributed by atoms with Crippen LogP contribution in [0.15, 0.2) is 4.63 Å². The molecule has 0 aliphatic carbocycles. The lowest BCUT2D eigenvalue weighted by Crippen LogP contribution is -2.40. The average molecular weight is 333 g/mol. The quantitative estimate of drug-likeness (QED) is 0.808. The van der Waals surface area contributed by atoms with Gasteiger partial charge in [0.15, 0.2) is 11.6 Å². The number of fused-ring (bicyclic) bond motifs is 1. The van der Waals surface area contributed by atoms with E-state index in [9.17, 15) is 5.11 Å². The van der Waals surface area contributed by atoms with Gasteiger partial charge in [-0.15, -0.1) is 0 Å². The molecule has 0 aromatic carbocycles. The monoisotopic (exact) mass is 333 g/mol. The van der Waals surface area contributed by atoms with Crippen molar-refractivity contribution in [2.75, 3.05) is 49.5 Å². The number of aliphatic hydroxyl groups excluding tert-OH is 1. The molecule has 2 aromatic rings. The van der Waals surface area contributed by atoms with Crippen molar-refractivity contribution in [3.8, 4) is 0 Å². The van der Waals surface area contributed by atoms with E-state index in [1.54, 1.807) is 0 Å². The topological polar surface area (TPSA) is 103 Å². The first kappa shape index (κ1) is 15.5. The van der Waals surface area contributed by atoms with Crippen LogP contribution in [0.5, 0.6) is 0 Å². The first-order chi connectivity index (χ1) is 11.8. The second kappa shape index (κ2) is 6.86. The fourth-order valence-electron chi connectivity index (χ4n) is 3.46. The number of hydrogen-bond donors (Lipinski definition) is 2. The maximum Gasteiger partial charge on any atom is 0.245 e. The van der Waals surface area contributed by atoms with Gasteiger partial charge in [0, 0.05) is 32.7 Å². The van der Waals surface area contributed by atoms with Crippen molar-refractivity contribution >= 4 is 22.9 Å². The summed E-state index contributed by atoms with van der Waals surface area (Å²) in [6, 6.07) is 0. The molecule has 2 aliphatic heterocycles. The summed E-state index contributed by atoms with van der Waals surface area (Å²) in [6.07, 6.45) is 4.10. The van der Waals surface area contributed by atoms with Crippen LogP contribution < -0.4 is 10.2 Å². The highest BCUT2D eigenvalue weighted by Crippen LogP contribution is 2.26. The van der Waals surface area contributed by atoms with E-state index in [1.165, 1.54) is 12.8 Å². The third-order valence-electron chi connectivity index (χ3n) is 4.70. The summed E-state index contributed by atoms with van der Waals surface area (Å²) in [5.41, 5.74) is 0.871. The number of nitrogens with one attached hydrogen (secondary N) is 1. The molecule has 130 valence electrons. The fourth-order valence-corrected chi connectivity index (χ4v) is 3.46. The van der Waals surface area contributed by atoms with Gasteiger partial charge in [-0.1, -0.05) is 0 Å². The maximum absolute atomic E-state index is 9.76. The van der Waals surface area contributed by atoms with E-state index in [-0.39, 0.29) is 6.10 Å². The molecule has 4 rings (SSSR count). The van der Waals surface area contributed by atoms with Gasteiger partial charge in [-0.3, -0.25) is 4.90 Å². The van der Waals surface area contributed by atoms with E-state index in [0.29, 0.717) is 11.3 Å². The molecule has 24 heavy (non-hydrogen) atoms. The zero-order valence-electron chi connectivity index (χ0n) is 13.7. The van der Waals surface area contributed by atoms with Crippen LogP contribution in [-0.2, 0) is 0 Å². The van der Waals surface area contributed by atoms with E-state index in [1.807, 2.05) is 0 Å². The highest BCUT2D eigenvalue weighted by atomic mass is 16.6. The molecule has 0 radical (unpaired) electrons. The summed E-state index contributed by atoms with van der Waals surface area (Å²) < 4.78 is 4.74. The van der Waals surface area contributed by atoms with Crippen molar-refractivity contribution in [1.29, 1.82) is 0 Å². The number of hydrogen-bond acceptors (Lipinski definition) is 9. The Morgan fingerprint density at radius 1 is 1.08 bits per heavy atom. The van der Waals surface area contributed by atoms with Crippen molar-refractivity contribution < 1.29 is 9.74 Å². The molecule has 0 saturated carbocycles. The molecule has 0 amide bonds. The van der Waals surface area contributed by atoms with Crippen LogP contribution >= 0.6 is 0 Å². The lowest BCUT2D eigenvalue weighted by atomic mass is 10.1. The highest BCUT2D eigenvalue weighted by Gasteiger charge is 2.22. The minimum Gasteiger partial charge on any atom is -0.392 e. The zero-order valence-corrected chi connectivity index (χ0v) is 13.7. The Kier molecular flexibility index (Phi) is 4.44. The van der Waals surface area contributed by atoms with E-state index in [0.717, 1.165) is 63.7 Å². The summed E-state index contributed by atoms with van der Waals surface area (Å²) in [7, 11) is 0. The SMILES string of the molecule is OC1CCCN(CCNc2nc3nonc3nc2N2CCCC2)C1. The van der Waals surface area contributed by atoms with Crippen LogP contribution in [0.1, 0.15) is 25.7 Å². The second-order valence-corrected chi connectivity index (χ2v) is 6.52. The predicted octanol–water partition coefficient (Wildman–Crippen LogP) is 0.482. The first-order valence-electron chi connectivity index (χ1n) is 8.69. The zero-order chi connectivity index (χ0) is 16.4. The third-order valence-corrected chi connectivity index (χ3v) is 4.70. The Hall–Kier alpha value is -2.00. The molecule has 2 fully saturated rings. The second-order valence-electron chi connectivity index (χ2n) is 6.52. The predicted molar refractivity (Wildman–Crippen MR) is 89.0 cm³/mol. The third kappa shape index (κ3) is 3.27. The number of β-amino-alcohol motifs (C(OH)–C–C–N with tert-alkyl or cyclic N) is 1.